The molecule has 0 spiro atoms. The third-order valence-electron chi connectivity index (χ3n) is 2.84. The molecule has 0 saturated heterocycles. The van der Waals surface area contributed by atoms with Gasteiger partial charge < -0.3 is 0 Å². The molecular formula is C12H13Cl3O3S. The summed E-state index contributed by atoms with van der Waals surface area (Å²) in [7, 11) is -3.76. The first-order chi connectivity index (χ1) is 8.69. The Balaban J connectivity index is 3.38. The molecule has 3 nitrogen and oxygen atoms in total. The molecule has 0 aliphatic heterocycles. The van der Waals surface area contributed by atoms with E-state index in [2.05, 4.69) is 0 Å². The molecule has 0 aliphatic rings. The minimum atomic E-state index is -3.76. The summed E-state index contributed by atoms with van der Waals surface area (Å²) in [6, 6.07) is 4.22. The van der Waals surface area contributed by atoms with Crippen molar-refractivity contribution in [1.29, 1.82) is 0 Å². The Kier molecular flexibility index (Phi) is 5.29. The predicted octanol–water partition coefficient (Wildman–Crippen LogP) is 3.96. The Morgan fingerprint density at radius 3 is 2.26 bits per heavy atom. The van der Waals surface area contributed by atoms with Crippen molar-refractivity contribution >= 4 is 50.4 Å². The second kappa shape index (κ2) is 6.00. The van der Waals surface area contributed by atoms with Crippen molar-refractivity contribution in [2.75, 3.05) is 5.75 Å². The smallest absolute Gasteiger partial charge is 0.207 e. The highest BCUT2D eigenvalue weighted by Gasteiger charge is 2.47. The Bertz CT molecular complexity index is 598. The molecule has 0 N–H and O–H groups in total. The van der Waals surface area contributed by atoms with Gasteiger partial charge in [-0.25, -0.2) is 8.42 Å². The average Bonchev–Trinajstić information content (AvgIpc) is 2.36. The molecule has 0 saturated carbocycles. The molecule has 19 heavy (non-hydrogen) atoms. The molecule has 1 aromatic rings. The fraction of sp³-hybridized carbons (Fsp3) is 0.417. The lowest BCUT2D eigenvalue weighted by atomic mass is 10.1. The quantitative estimate of drug-likeness (QED) is 0.600. The van der Waals surface area contributed by atoms with Crippen molar-refractivity contribution in [2.45, 2.75) is 24.5 Å². The number of carbonyl (C=O) groups is 1. The number of hydrogen-bond acceptors (Lipinski definition) is 3. The maximum absolute atomic E-state index is 12.4. The summed E-state index contributed by atoms with van der Waals surface area (Å²) in [6.45, 7) is 2.99. The maximum Gasteiger partial charge on any atom is 0.207 e. The van der Waals surface area contributed by atoms with Crippen LogP contribution in [0.2, 0.25) is 10.0 Å². The maximum atomic E-state index is 12.4. The largest absolute Gasteiger partial charge is 0.291 e. The van der Waals surface area contributed by atoms with Crippen LogP contribution >= 0.6 is 34.8 Å². The van der Waals surface area contributed by atoms with Crippen molar-refractivity contribution in [1.82, 2.24) is 0 Å². The van der Waals surface area contributed by atoms with Crippen LogP contribution in [0.5, 0.6) is 0 Å². The van der Waals surface area contributed by atoms with E-state index in [-0.39, 0.29) is 22.8 Å². The third kappa shape index (κ3) is 3.07. The summed E-state index contributed by atoms with van der Waals surface area (Å²) in [6.07, 6.45) is -0.0392. The fourth-order valence-electron chi connectivity index (χ4n) is 1.63. The number of ketones is 1. The molecule has 0 radical (unpaired) electrons. The lowest BCUT2D eigenvalue weighted by Gasteiger charge is -2.24. The van der Waals surface area contributed by atoms with Crippen LogP contribution in [-0.4, -0.2) is 24.2 Å². The zero-order valence-corrected chi connectivity index (χ0v) is 13.5. The van der Waals surface area contributed by atoms with Gasteiger partial charge in [0, 0.05) is 16.3 Å². The van der Waals surface area contributed by atoms with E-state index < -0.39 is 19.8 Å². The number of Topliss-reactive ketones (excluding diaryl/α,β-unsaturated/α-hetero) is 1. The van der Waals surface area contributed by atoms with Crippen LogP contribution in [-0.2, 0) is 9.84 Å². The van der Waals surface area contributed by atoms with E-state index in [9.17, 15) is 13.2 Å². The van der Waals surface area contributed by atoms with Crippen LogP contribution in [0.25, 0.3) is 0 Å². The van der Waals surface area contributed by atoms with Crippen LogP contribution < -0.4 is 0 Å². The Hall–Kier alpha value is -0.290. The number of halogens is 3. The lowest BCUT2D eigenvalue weighted by Crippen LogP contribution is -2.41. The number of hydrogen-bond donors (Lipinski definition) is 0. The van der Waals surface area contributed by atoms with Gasteiger partial charge >= 0.3 is 0 Å². The van der Waals surface area contributed by atoms with E-state index in [1.165, 1.54) is 25.1 Å². The van der Waals surface area contributed by atoms with Crippen molar-refractivity contribution in [2.24, 2.45) is 0 Å². The highest BCUT2D eigenvalue weighted by Crippen LogP contribution is 2.34. The van der Waals surface area contributed by atoms with Gasteiger partial charge in [-0.1, -0.05) is 48.7 Å². The first kappa shape index (κ1) is 16.8. The zero-order chi connectivity index (χ0) is 14.8. The number of benzene rings is 1. The van der Waals surface area contributed by atoms with Gasteiger partial charge in [0.25, 0.3) is 0 Å². The Labute approximate surface area is 127 Å². The molecule has 0 heterocycles. The van der Waals surface area contributed by atoms with Crippen LogP contribution in [0.3, 0.4) is 0 Å². The van der Waals surface area contributed by atoms with E-state index in [1.807, 2.05) is 0 Å². The van der Waals surface area contributed by atoms with Crippen LogP contribution in [0.1, 0.15) is 30.6 Å². The molecule has 0 aromatic heterocycles. The minimum Gasteiger partial charge on any atom is -0.291 e. The number of rotatable bonds is 5. The number of alkyl halides is 1. The molecule has 0 amide bonds. The molecular weight excluding hydrogens is 331 g/mol. The summed E-state index contributed by atoms with van der Waals surface area (Å²) in [5.74, 6) is -0.943. The second-order valence-corrected chi connectivity index (χ2v) is 8.16. The monoisotopic (exact) mass is 342 g/mol. The van der Waals surface area contributed by atoms with Crippen LogP contribution in [0.15, 0.2) is 18.2 Å². The summed E-state index contributed by atoms with van der Waals surface area (Å²) in [5, 5.41) is 0.443. The van der Waals surface area contributed by atoms with Crippen LogP contribution in [0.4, 0.5) is 0 Å². The van der Waals surface area contributed by atoms with E-state index >= 15 is 0 Å². The van der Waals surface area contributed by atoms with Crippen molar-refractivity contribution in [3.63, 3.8) is 0 Å². The standard InChI is InChI=1S/C12H13Cl3O3S/c1-3-12(15,19(17,18)4-2)11(16)9-6-5-8(13)7-10(9)14/h5-7H,3-4H2,1-2H3/t12-/m1/s1. The zero-order valence-electron chi connectivity index (χ0n) is 10.4. The van der Waals surface area contributed by atoms with Gasteiger partial charge in [-0.2, -0.15) is 0 Å². The Morgan fingerprint density at radius 1 is 1.26 bits per heavy atom. The van der Waals surface area contributed by atoms with Gasteiger partial charge in [0.05, 0.1) is 5.02 Å². The van der Waals surface area contributed by atoms with E-state index in [0.717, 1.165) is 0 Å². The van der Waals surface area contributed by atoms with E-state index in [0.29, 0.717) is 5.02 Å². The van der Waals surface area contributed by atoms with E-state index in [1.54, 1.807) is 6.92 Å². The van der Waals surface area contributed by atoms with Gasteiger partial charge in [-0.05, 0) is 24.6 Å². The van der Waals surface area contributed by atoms with Gasteiger partial charge in [0.2, 0.25) is 9.99 Å². The van der Waals surface area contributed by atoms with Gasteiger partial charge in [-0.3, -0.25) is 4.79 Å². The van der Waals surface area contributed by atoms with Gasteiger partial charge in [-0.15, -0.1) is 0 Å². The van der Waals surface area contributed by atoms with Gasteiger partial charge in [0.15, 0.2) is 9.84 Å². The highest BCUT2D eigenvalue weighted by molar-refractivity contribution is 7.95. The first-order valence-corrected chi connectivity index (χ1v) is 8.39. The molecule has 0 fully saturated rings. The molecule has 106 valence electrons. The molecule has 1 rings (SSSR count). The molecule has 1 aromatic carbocycles. The normalized spacial score (nSPS) is 15.0. The summed E-state index contributed by atoms with van der Waals surface area (Å²) in [4.78, 5) is 12.4. The highest BCUT2D eigenvalue weighted by atomic mass is 35.5. The van der Waals surface area contributed by atoms with E-state index in [4.69, 9.17) is 34.8 Å². The summed E-state index contributed by atoms with van der Waals surface area (Å²) < 4.78 is 22.1. The van der Waals surface area contributed by atoms with Crippen molar-refractivity contribution in [3.05, 3.63) is 33.8 Å². The molecule has 7 heteroatoms. The topological polar surface area (TPSA) is 51.2 Å². The SMILES string of the molecule is CC[C@](Cl)(C(=O)c1ccc(Cl)cc1Cl)S(=O)(=O)CC. The van der Waals surface area contributed by atoms with Crippen LogP contribution in [0, 0.1) is 0 Å². The fourth-order valence-corrected chi connectivity index (χ4v) is 3.84. The predicted molar refractivity (Wildman–Crippen MR) is 79.1 cm³/mol. The second-order valence-electron chi connectivity index (χ2n) is 3.94. The molecule has 0 bridgehead atoms. The molecule has 1 atom stereocenters. The van der Waals surface area contributed by atoms with Gasteiger partial charge in [0.1, 0.15) is 0 Å². The minimum absolute atomic E-state index is 0.0392. The molecule has 0 unspecified atom stereocenters. The first-order valence-electron chi connectivity index (χ1n) is 5.60. The number of carbonyl (C=O) groups excluding carboxylic acids is 1. The summed E-state index contributed by atoms with van der Waals surface area (Å²) >= 11 is 17.7. The van der Waals surface area contributed by atoms with Crippen molar-refractivity contribution in [3.8, 4) is 0 Å². The number of sulfone groups is 1. The Morgan fingerprint density at radius 2 is 1.84 bits per heavy atom. The lowest BCUT2D eigenvalue weighted by molar-refractivity contribution is 0.0970. The third-order valence-corrected chi connectivity index (χ3v) is 6.75. The summed E-state index contributed by atoms with van der Waals surface area (Å²) in [5.41, 5.74) is 0.0555. The molecule has 0 aliphatic carbocycles. The van der Waals surface area contributed by atoms with Crippen molar-refractivity contribution < 1.29 is 13.2 Å². The average molecular weight is 344 g/mol.